The van der Waals surface area contributed by atoms with E-state index < -0.39 is 41.7 Å². The molecule has 0 spiro atoms. The summed E-state index contributed by atoms with van der Waals surface area (Å²) >= 11 is 0. The van der Waals surface area contributed by atoms with E-state index in [1.165, 1.54) is 0 Å². The molecular formula is C12H11F3N2O5. The van der Waals surface area contributed by atoms with Crippen molar-refractivity contribution in [3.8, 4) is 0 Å². The van der Waals surface area contributed by atoms with Gasteiger partial charge in [0.15, 0.2) is 6.04 Å². The first kappa shape index (κ1) is 17.4. The first-order valence-corrected chi connectivity index (χ1v) is 5.73. The molecule has 1 aromatic carbocycles. The Balaban J connectivity index is 2.91. The Morgan fingerprint density at radius 2 is 1.55 bits per heavy atom. The highest BCUT2D eigenvalue weighted by atomic mass is 19.4. The summed E-state index contributed by atoms with van der Waals surface area (Å²) in [5.41, 5.74) is 3.87. The van der Waals surface area contributed by atoms with E-state index in [9.17, 15) is 27.6 Å². The summed E-state index contributed by atoms with van der Waals surface area (Å²) in [5.74, 6) is -4.40. The van der Waals surface area contributed by atoms with Crippen LogP contribution in [-0.4, -0.2) is 40.1 Å². The Labute approximate surface area is 121 Å². The average molecular weight is 320 g/mol. The third-order valence-electron chi connectivity index (χ3n) is 2.67. The number of hydrogen-bond donors (Lipinski definition) is 4. The van der Waals surface area contributed by atoms with E-state index in [0.29, 0.717) is 12.1 Å². The lowest BCUT2D eigenvalue weighted by molar-refractivity contribution is -0.147. The van der Waals surface area contributed by atoms with Crippen molar-refractivity contribution in [3.63, 3.8) is 0 Å². The van der Waals surface area contributed by atoms with Crippen LogP contribution in [0.4, 0.5) is 13.2 Å². The molecule has 1 amide bonds. The number of hydrogen-bond acceptors (Lipinski definition) is 4. The highest BCUT2D eigenvalue weighted by Crippen LogP contribution is 2.29. The number of carbonyl (C=O) groups is 3. The number of nitrogens with two attached hydrogens (primary N) is 1. The number of benzene rings is 1. The minimum Gasteiger partial charge on any atom is -0.480 e. The molecule has 0 heterocycles. The van der Waals surface area contributed by atoms with Gasteiger partial charge in [0.2, 0.25) is 0 Å². The van der Waals surface area contributed by atoms with Crippen molar-refractivity contribution in [2.24, 2.45) is 5.73 Å². The van der Waals surface area contributed by atoms with E-state index in [4.69, 9.17) is 15.9 Å². The van der Waals surface area contributed by atoms with E-state index >= 15 is 0 Å². The topological polar surface area (TPSA) is 130 Å². The summed E-state index contributed by atoms with van der Waals surface area (Å²) in [6, 6.07) is -0.876. The van der Waals surface area contributed by atoms with Gasteiger partial charge in [-0.25, -0.2) is 4.79 Å². The molecule has 0 fully saturated rings. The van der Waals surface area contributed by atoms with E-state index in [0.717, 1.165) is 12.1 Å². The second-order valence-corrected chi connectivity index (χ2v) is 4.23. The number of aliphatic carboxylic acids is 2. The third kappa shape index (κ3) is 4.19. The van der Waals surface area contributed by atoms with E-state index in [1.54, 1.807) is 0 Å². The SMILES string of the molecule is N[C@H](C(=O)O)[C@H](NC(=O)c1ccc(C(F)(F)F)cc1)C(=O)O. The molecule has 0 bridgehead atoms. The van der Waals surface area contributed by atoms with E-state index in [1.807, 2.05) is 5.32 Å². The number of amides is 1. The van der Waals surface area contributed by atoms with Crippen molar-refractivity contribution < 1.29 is 37.8 Å². The van der Waals surface area contributed by atoms with Gasteiger partial charge < -0.3 is 21.3 Å². The highest BCUT2D eigenvalue weighted by Gasteiger charge is 2.33. The molecule has 2 atom stereocenters. The molecule has 5 N–H and O–H groups in total. The number of carbonyl (C=O) groups excluding carboxylic acids is 1. The van der Waals surface area contributed by atoms with E-state index in [-0.39, 0.29) is 5.56 Å². The van der Waals surface area contributed by atoms with Crippen molar-refractivity contribution >= 4 is 17.8 Å². The van der Waals surface area contributed by atoms with Crippen molar-refractivity contribution in [1.82, 2.24) is 5.32 Å². The zero-order chi connectivity index (χ0) is 17.1. The summed E-state index contributed by atoms with van der Waals surface area (Å²) in [7, 11) is 0. The molecule has 7 nitrogen and oxygen atoms in total. The second-order valence-electron chi connectivity index (χ2n) is 4.23. The average Bonchev–Trinajstić information content (AvgIpc) is 2.42. The van der Waals surface area contributed by atoms with Gasteiger partial charge in [0.05, 0.1) is 5.56 Å². The fourth-order valence-electron chi connectivity index (χ4n) is 1.48. The molecule has 1 rings (SSSR count). The van der Waals surface area contributed by atoms with Crippen LogP contribution in [0.5, 0.6) is 0 Å². The number of nitrogens with one attached hydrogen (secondary N) is 1. The molecule has 0 aliphatic rings. The lowest BCUT2D eigenvalue weighted by Crippen LogP contribution is -2.55. The quantitative estimate of drug-likeness (QED) is 0.617. The number of alkyl halides is 3. The molecule has 10 heteroatoms. The Morgan fingerprint density at radius 1 is 1.05 bits per heavy atom. The maximum absolute atomic E-state index is 12.4. The van der Waals surface area contributed by atoms with Gasteiger partial charge in [-0.1, -0.05) is 0 Å². The van der Waals surface area contributed by atoms with Crippen LogP contribution in [0.3, 0.4) is 0 Å². The number of rotatable bonds is 5. The Bertz CT molecular complexity index is 585. The molecule has 0 unspecified atom stereocenters. The lowest BCUT2D eigenvalue weighted by Gasteiger charge is -2.18. The Kier molecular flexibility index (Phi) is 5.10. The van der Waals surface area contributed by atoms with Gasteiger partial charge in [0.25, 0.3) is 5.91 Å². The standard InChI is InChI=1S/C12H11F3N2O5/c13-12(14,15)6-3-1-5(2-4-6)9(18)17-8(11(21)22)7(16)10(19)20/h1-4,7-8H,16H2,(H,17,18)(H,19,20)(H,21,22)/t7-,8-/m0/s1. The number of carboxylic acids is 2. The number of halogens is 3. The predicted molar refractivity (Wildman–Crippen MR) is 65.9 cm³/mol. The van der Waals surface area contributed by atoms with Crippen molar-refractivity contribution in [2.75, 3.05) is 0 Å². The Morgan fingerprint density at radius 3 is 1.91 bits per heavy atom. The summed E-state index contributed by atoms with van der Waals surface area (Å²) in [6.07, 6.45) is -4.58. The minimum absolute atomic E-state index is 0.267. The molecule has 0 radical (unpaired) electrons. The van der Waals surface area contributed by atoms with Gasteiger partial charge in [-0.3, -0.25) is 9.59 Å². The third-order valence-corrected chi connectivity index (χ3v) is 2.67. The zero-order valence-electron chi connectivity index (χ0n) is 10.8. The van der Waals surface area contributed by atoms with Gasteiger partial charge in [-0.05, 0) is 24.3 Å². The summed E-state index contributed by atoms with van der Waals surface area (Å²) in [4.78, 5) is 33.3. The molecule has 0 saturated carbocycles. The molecule has 1 aromatic rings. The fourth-order valence-corrected chi connectivity index (χ4v) is 1.48. The monoisotopic (exact) mass is 320 g/mol. The van der Waals surface area contributed by atoms with Gasteiger partial charge >= 0.3 is 18.1 Å². The smallest absolute Gasteiger partial charge is 0.416 e. The maximum Gasteiger partial charge on any atom is 0.416 e. The molecular weight excluding hydrogens is 309 g/mol. The molecule has 0 aliphatic heterocycles. The summed E-state index contributed by atoms with van der Waals surface area (Å²) in [5, 5.41) is 19.3. The highest BCUT2D eigenvalue weighted by molar-refractivity contribution is 5.98. The number of carboxylic acid groups (broad SMARTS) is 2. The summed E-state index contributed by atoms with van der Waals surface area (Å²) in [6.45, 7) is 0. The van der Waals surface area contributed by atoms with Crippen LogP contribution in [-0.2, 0) is 15.8 Å². The van der Waals surface area contributed by atoms with Crippen LogP contribution in [0.2, 0.25) is 0 Å². The minimum atomic E-state index is -4.58. The Hall–Kier alpha value is -2.62. The van der Waals surface area contributed by atoms with Crippen LogP contribution >= 0.6 is 0 Å². The van der Waals surface area contributed by atoms with Crippen molar-refractivity contribution in [3.05, 3.63) is 35.4 Å². The zero-order valence-corrected chi connectivity index (χ0v) is 10.8. The lowest BCUT2D eigenvalue weighted by atomic mass is 10.1. The molecule has 0 aliphatic carbocycles. The second kappa shape index (κ2) is 6.43. The maximum atomic E-state index is 12.4. The fraction of sp³-hybridized carbons (Fsp3) is 0.250. The van der Waals surface area contributed by atoms with Gasteiger partial charge in [0, 0.05) is 5.56 Å². The van der Waals surface area contributed by atoms with Crippen molar-refractivity contribution in [1.29, 1.82) is 0 Å². The van der Waals surface area contributed by atoms with Crippen LogP contribution in [0.1, 0.15) is 15.9 Å². The first-order valence-electron chi connectivity index (χ1n) is 5.73. The molecule has 22 heavy (non-hydrogen) atoms. The van der Waals surface area contributed by atoms with Crippen LogP contribution < -0.4 is 11.1 Å². The van der Waals surface area contributed by atoms with Crippen LogP contribution in [0.15, 0.2) is 24.3 Å². The van der Waals surface area contributed by atoms with Gasteiger partial charge in [-0.2, -0.15) is 13.2 Å². The van der Waals surface area contributed by atoms with Crippen molar-refractivity contribution in [2.45, 2.75) is 18.3 Å². The van der Waals surface area contributed by atoms with Gasteiger partial charge in [0.1, 0.15) is 6.04 Å². The predicted octanol–water partition coefficient (Wildman–Crippen LogP) is 0.300. The molecule has 120 valence electrons. The van der Waals surface area contributed by atoms with Gasteiger partial charge in [-0.15, -0.1) is 0 Å². The normalized spacial score (nSPS) is 14.0. The molecule has 0 aromatic heterocycles. The van der Waals surface area contributed by atoms with Crippen LogP contribution in [0, 0.1) is 0 Å². The molecule has 0 saturated heterocycles. The van der Waals surface area contributed by atoms with E-state index in [2.05, 4.69) is 0 Å². The largest absolute Gasteiger partial charge is 0.480 e. The van der Waals surface area contributed by atoms with Crippen LogP contribution in [0.25, 0.3) is 0 Å². The first-order chi connectivity index (χ1) is 10.0. The summed E-state index contributed by atoms with van der Waals surface area (Å²) < 4.78 is 37.1.